The molecule has 2 aromatic rings. The molecule has 1 aliphatic heterocycles. The molecule has 0 spiro atoms. The number of rotatable bonds is 10. The molecule has 0 radical (unpaired) electrons. The van der Waals surface area contributed by atoms with Gasteiger partial charge in [-0.3, -0.25) is 14.7 Å². The van der Waals surface area contributed by atoms with Gasteiger partial charge < -0.3 is 14.8 Å². The van der Waals surface area contributed by atoms with E-state index in [1.165, 1.54) is 43.8 Å². The van der Waals surface area contributed by atoms with Gasteiger partial charge in [-0.2, -0.15) is 0 Å². The Labute approximate surface area is 189 Å². The molecule has 0 bridgehead atoms. The summed E-state index contributed by atoms with van der Waals surface area (Å²) in [5.41, 5.74) is 2.52. The number of sulfone groups is 1. The van der Waals surface area contributed by atoms with E-state index in [-0.39, 0.29) is 18.1 Å². The Kier molecular flexibility index (Phi) is 8.87. The first-order chi connectivity index (χ1) is 15.4. The molecule has 174 valence electrons. The van der Waals surface area contributed by atoms with Crippen LogP contribution in [0.15, 0.2) is 53.2 Å². The zero-order chi connectivity index (χ0) is 22.8. The molecule has 1 saturated heterocycles. The van der Waals surface area contributed by atoms with E-state index in [0.29, 0.717) is 12.0 Å². The number of hydrogen-bond donors (Lipinski definition) is 2. The van der Waals surface area contributed by atoms with Crippen LogP contribution in [0.25, 0.3) is 0 Å². The van der Waals surface area contributed by atoms with Gasteiger partial charge in [0.25, 0.3) is 0 Å². The second-order valence-electron chi connectivity index (χ2n) is 8.19. The summed E-state index contributed by atoms with van der Waals surface area (Å²) < 4.78 is 29.0. The molecule has 32 heavy (non-hydrogen) atoms. The highest BCUT2D eigenvalue weighted by Gasteiger charge is 2.18. The van der Waals surface area contributed by atoms with Gasteiger partial charge in [0.2, 0.25) is 5.91 Å². The number of furan rings is 1. The first-order valence-corrected chi connectivity index (χ1v) is 12.7. The molecule has 0 unspecified atom stereocenters. The molecular formula is C23H31N3O5S. The number of nitrogens with one attached hydrogen (secondary N) is 1. The minimum absolute atomic E-state index is 0.0368. The molecule has 0 atom stereocenters. The van der Waals surface area contributed by atoms with Crippen molar-refractivity contribution >= 4 is 15.7 Å². The van der Waals surface area contributed by atoms with Gasteiger partial charge in [-0.15, -0.1) is 0 Å². The molecule has 0 aromatic carbocycles. The van der Waals surface area contributed by atoms with E-state index in [0.717, 1.165) is 25.3 Å². The molecule has 9 heteroatoms. The fourth-order valence-electron chi connectivity index (χ4n) is 3.70. The van der Waals surface area contributed by atoms with Crippen LogP contribution < -0.4 is 5.32 Å². The summed E-state index contributed by atoms with van der Waals surface area (Å²) in [6.07, 6.45) is 11.6. The monoisotopic (exact) mass is 461 g/mol. The van der Waals surface area contributed by atoms with Crippen molar-refractivity contribution < 1.29 is 22.7 Å². The number of aliphatic hydroxyl groups is 1. The average Bonchev–Trinajstić information content (AvgIpc) is 3.11. The summed E-state index contributed by atoms with van der Waals surface area (Å²) >= 11 is 0. The third-order valence-electron chi connectivity index (χ3n) is 5.32. The van der Waals surface area contributed by atoms with Crippen LogP contribution in [0.4, 0.5) is 0 Å². The zero-order valence-corrected chi connectivity index (χ0v) is 19.0. The van der Waals surface area contributed by atoms with Gasteiger partial charge in [-0.1, -0.05) is 12.8 Å². The second-order valence-corrected chi connectivity index (χ2v) is 10.3. The SMILES string of the molecule is O=C(CS(=O)(=O)Cc1ccoc1)NC/C(O)=C/Cc1cc(CN2CCCCCC2)ccn1. The number of allylic oxidation sites excluding steroid dienone is 1. The van der Waals surface area contributed by atoms with E-state index in [4.69, 9.17) is 4.42 Å². The summed E-state index contributed by atoms with van der Waals surface area (Å²) in [6, 6.07) is 5.60. The number of carbonyl (C=O) groups is 1. The molecule has 3 heterocycles. The Balaban J connectivity index is 1.44. The highest BCUT2D eigenvalue weighted by atomic mass is 32.2. The average molecular weight is 462 g/mol. The van der Waals surface area contributed by atoms with E-state index in [9.17, 15) is 18.3 Å². The summed E-state index contributed by atoms with van der Waals surface area (Å²) in [6.45, 7) is 3.01. The van der Waals surface area contributed by atoms with Crippen LogP contribution >= 0.6 is 0 Å². The fraction of sp³-hybridized carbons (Fsp3) is 0.478. The Hall–Kier alpha value is -2.65. The number of aliphatic hydroxyl groups excluding tert-OH is 1. The molecule has 0 aliphatic carbocycles. The second kappa shape index (κ2) is 11.8. The van der Waals surface area contributed by atoms with E-state index in [1.807, 2.05) is 12.1 Å². The van der Waals surface area contributed by atoms with Crippen LogP contribution in [0.5, 0.6) is 0 Å². The van der Waals surface area contributed by atoms with E-state index >= 15 is 0 Å². The van der Waals surface area contributed by atoms with Gasteiger partial charge in [0.05, 0.1) is 24.8 Å². The lowest BCUT2D eigenvalue weighted by Crippen LogP contribution is -2.32. The Morgan fingerprint density at radius 2 is 1.97 bits per heavy atom. The summed E-state index contributed by atoms with van der Waals surface area (Å²) in [5, 5.41) is 12.5. The van der Waals surface area contributed by atoms with Crippen LogP contribution in [-0.4, -0.2) is 54.7 Å². The van der Waals surface area contributed by atoms with Crippen LogP contribution in [0.3, 0.4) is 0 Å². The number of nitrogens with zero attached hydrogens (tertiary/aromatic N) is 2. The predicted molar refractivity (Wildman–Crippen MR) is 122 cm³/mol. The Morgan fingerprint density at radius 1 is 1.19 bits per heavy atom. The number of aromatic nitrogens is 1. The number of carbonyl (C=O) groups excluding carboxylic acids is 1. The first-order valence-electron chi connectivity index (χ1n) is 10.9. The van der Waals surface area contributed by atoms with E-state index in [2.05, 4.69) is 15.2 Å². The predicted octanol–water partition coefficient (Wildman–Crippen LogP) is 2.77. The maximum Gasteiger partial charge on any atom is 0.235 e. The van der Waals surface area contributed by atoms with Crippen molar-refractivity contribution in [2.45, 2.75) is 44.4 Å². The Morgan fingerprint density at radius 3 is 2.69 bits per heavy atom. The van der Waals surface area contributed by atoms with E-state index in [1.54, 1.807) is 18.3 Å². The normalized spacial score (nSPS) is 15.9. The Bertz CT molecular complexity index is 994. The van der Waals surface area contributed by atoms with Crippen molar-refractivity contribution in [2.75, 3.05) is 25.4 Å². The van der Waals surface area contributed by atoms with Gasteiger partial charge in [-0.05, 0) is 55.8 Å². The molecule has 1 aliphatic rings. The zero-order valence-electron chi connectivity index (χ0n) is 18.2. The third kappa shape index (κ3) is 8.47. The van der Waals surface area contributed by atoms with Gasteiger partial charge in [-0.25, -0.2) is 8.42 Å². The summed E-state index contributed by atoms with van der Waals surface area (Å²) in [7, 11) is -3.61. The number of hydrogen-bond acceptors (Lipinski definition) is 7. The van der Waals surface area contributed by atoms with Crippen molar-refractivity contribution in [2.24, 2.45) is 0 Å². The lowest BCUT2D eigenvalue weighted by atomic mass is 10.1. The smallest absolute Gasteiger partial charge is 0.235 e. The lowest BCUT2D eigenvalue weighted by molar-refractivity contribution is -0.118. The van der Waals surface area contributed by atoms with Gasteiger partial charge in [0.15, 0.2) is 9.84 Å². The van der Waals surface area contributed by atoms with Crippen molar-refractivity contribution in [3.8, 4) is 0 Å². The maximum absolute atomic E-state index is 12.1. The van der Waals surface area contributed by atoms with Crippen molar-refractivity contribution in [1.29, 1.82) is 0 Å². The minimum Gasteiger partial charge on any atom is -0.511 e. The first kappa shape index (κ1) is 24.0. The van der Waals surface area contributed by atoms with Gasteiger partial charge in [0, 0.05) is 30.4 Å². The number of likely N-dealkylation sites (tertiary alicyclic amines) is 1. The fourth-order valence-corrected chi connectivity index (χ4v) is 4.98. The molecule has 2 N–H and O–H groups in total. The molecule has 8 nitrogen and oxygen atoms in total. The number of pyridine rings is 1. The molecule has 1 fully saturated rings. The highest BCUT2D eigenvalue weighted by molar-refractivity contribution is 7.91. The van der Waals surface area contributed by atoms with Crippen LogP contribution in [0.2, 0.25) is 0 Å². The standard InChI is InChI=1S/C23H31N3O5S/c27-22(14-25-23(28)18-32(29,30)17-20-8-12-31-16-20)6-5-21-13-19(7-9-24-21)15-26-10-3-1-2-4-11-26/h6-9,12-13,16,27H,1-5,10-11,14-15,17-18H2,(H,25,28)/b22-6-. The molecule has 3 rings (SSSR count). The number of amides is 1. The van der Waals surface area contributed by atoms with Gasteiger partial charge in [0.1, 0.15) is 11.5 Å². The van der Waals surface area contributed by atoms with Crippen LogP contribution in [0, 0.1) is 0 Å². The van der Waals surface area contributed by atoms with Crippen LogP contribution in [-0.2, 0) is 33.4 Å². The minimum atomic E-state index is -3.61. The third-order valence-corrected chi connectivity index (χ3v) is 6.79. The van der Waals surface area contributed by atoms with Crippen LogP contribution in [0.1, 0.15) is 42.5 Å². The van der Waals surface area contributed by atoms with Crippen molar-refractivity contribution in [3.63, 3.8) is 0 Å². The largest absolute Gasteiger partial charge is 0.511 e. The maximum atomic E-state index is 12.1. The lowest BCUT2D eigenvalue weighted by Gasteiger charge is -2.19. The highest BCUT2D eigenvalue weighted by Crippen LogP contribution is 2.14. The topological polar surface area (TPSA) is 113 Å². The van der Waals surface area contributed by atoms with Crippen molar-refractivity contribution in [3.05, 3.63) is 65.6 Å². The molecule has 1 amide bonds. The quantitative estimate of drug-likeness (QED) is 0.523. The molecule has 0 saturated carbocycles. The summed E-state index contributed by atoms with van der Waals surface area (Å²) in [5.74, 6) is -1.61. The molecular weight excluding hydrogens is 430 g/mol. The van der Waals surface area contributed by atoms with Gasteiger partial charge >= 0.3 is 0 Å². The van der Waals surface area contributed by atoms with Crippen molar-refractivity contribution in [1.82, 2.24) is 15.2 Å². The van der Waals surface area contributed by atoms with E-state index < -0.39 is 21.5 Å². The summed E-state index contributed by atoms with van der Waals surface area (Å²) in [4.78, 5) is 18.8. The molecule has 2 aromatic heterocycles.